The van der Waals surface area contributed by atoms with Gasteiger partial charge in [0.2, 0.25) is 5.91 Å². The van der Waals surface area contributed by atoms with Gasteiger partial charge in [0.05, 0.1) is 5.56 Å². The van der Waals surface area contributed by atoms with Gasteiger partial charge in [0.25, 0.3) is 5.91 Å². The van der Waals surface area contributed by atoms with E-state index in [-0.39, 0.29) is 5.91 Å². The highest BCUT2D eigenvalue weighted by Crippen LogP contribution is 2.22. The maximum atomic E-state index is 12.6. The number of rotatable bonds is 6. The maximum absolute atomic E-state index is 12.6. The summed E-state index contributed by atoms with van der Waals surface area (Å²) >= 11 is 0. The van der Waals surface area contributed by atoms with E-state index >= 15 is 0 Å². The molecule has 0 unspecified atom stereocenters. The minimum Gasteiger partial charge on any atom is -0.370 e. The van der Waals surface area contributed by atoms with Crippen molar-refractivity contribution in [2.75, 3.05) is 38.0 Å². The highest BCUT2D eigenvalue weighted by atomic mass is 16.2. The summed E-state index contributed by atoms with van der Waals surface area (Å²) in [5.41, 5.74) is 0.648. The second-order valence-electron chi connectivity index (χ2n) is 7.04. The van der Waals surface area contributed by atoms with E-state index < -0.39 is 0 Å². The molecule has 2 aliphatic heterocycles. The number of nitrogens with one attached hydrogen (secondary N) is 1. The number of anilines is 1. The third kappa shape index (κ3) is 4.50. The van der Waals surface area contributed by atoms with Crippen molar-refractivity contribution in [1.29, 1.82) is 0 Å². The number of aromatic nitrogens is 1. The number of carbonyl (C=O) groups excluding carboxylic acids is 2. The first-order valence-electron chi connectivity index (χ1n) is 9.44. The van der Waals surface area contributed by atoms with E-state index in [2.05, 4.69) is 17.2 Å². The van der Waals surface area contributed by atoms with Crippen LogP contribution in [0.1, 0.15) is 49.4 Å². The van der Waals surface area contributed by atoms with Crippen LogP contribution in [0.4, 0.5) is 5.82 Å². The third-order valence-electron chi connectivity index (χ3n) is 5.12. The zero-order chi connectivity index (χ0) is 17.6. The van der Waals surface area contributed by atoms with Gasteiger partial charge in [-0.15, -0.1) is 0 Å². The molecule has 136 valence electrons. The fourth-order valence-corrected chi connectivity index (χ4v) is 3.59. The number of hydrogen-bond acceptors (Lipinski definition) is 4. The maximum Gasteiger partial charge on any atom is 0.255 e. The van der Waals surface area contributed by atoms with Crippen molar-refractivity contribution in [3.8, 4) is 0 Å². The summed E-state index contributed by atoms with van der Waals surface area (Å²) in [6.45, 7) is 6.28. The Morgan fingerprint density at radius 1 is 1.28 bits per heavy atom. The van der Waals surface area contributed by atoms with Crippen LogP contribution in [-0.2, 0) is 4.79 Å². The van der Waals surface area contributed by atoms with Crippen LogP contribution in [0.5, 0.6) is 0 Å². The quantitative estimate of drug-likeness (QED) is 0.860. The summed E-state index contributed by atoms with van der Waals surface area (Å²) in [7, 11) is 0. The van der Waals surface area contributed by atoms with E-state index in [1.165, 1.54) is 0 Å². The molecule has 0 aromatic carbocycles. The lowest BCUT2D eigenvalue weighted by Crippen LogP contribution is -2.41. The molecular weight excluding hydrogens is 316 g/mol. The van der Waals surface area contributed by atoms with E-state index in [0.29, 0.717) is 23.8 Å². The molecule has 25 heavy (non-hydrogen) atoms. The lowest BCUT2D eigenvalue weighted by atomic mass is 9.96. The average molecular weight is 344 g/mol. The monoisotopic (exact) mass is 344 g/mol. The van der Waals surface area contributed by atoms with Crippen LogP contribution in [0.3, 0.4) is 0 Å². The SMILES string of the molecule is CCCNc1ccc(C(=O)N2CCC(CN3CCCC3=O)CC2)cn1. The van der Waals surface area contributed by atoms with Gasteiger partial charge in [0, 0.05) is 45.3 Å². The van der Waals surface area contributed by atoms with Gasteiger partial charge in [0.1, 0.15) is 5.82 Å². The number of carbonyl (C=O) groups is 2. The Morgan fingerprint density at radius 3 is 2.68 bits per heavy atom. The summed E-state index contributed by atoms with van der Waals surface area (Å²) in [5.74, 6) is 1.68. The largest absolute Gasteiger partial charge is 0.370 e. The summed E-state index contributed by atoms with van der Waals surface area (Å²) < 4.78 is 0. The predicted octanol–water partition coefficient (Wildman–Crippen LogP) is 2.38. The van der Waals surface area contributed by atoms with Crippen molar-refractivity contribution in [1.82, 2.24) is 14.8 Å². The first-order chi connectivity index (χ1) is 12.2. The predicted molar refractivity (Wildman–Crippen MR) is 97.5 cm³/mol. The fraction of sp³-hybridized carbons (Fsp3) is 0.632. The molecule has 1 aromatic rings. The van der Waals surface area contributed by atoms with E-state index in [4.69, 9.17) is 0 Å². The Morgan fingerprint density at radius 2 is 2.08 bits per heavy atom. The lowest BCUT2D eigenvalue weighted by Gasteiger charge is -2.34. The van der Waals surface area contributed by atoms with Crippen molar-refractivity contribution in [2.24, 2.45) is 5.92 Å². The van der Waals surface area contributed by atoms with Gasteiger partial charge in [-0.3, -0.25) is 9.59 Å². The minimum atomic E-state index is 0.0604. The van der Waals surface area contributed by atoms with Crippen molar-refractivity contribution >= 4 is 17.6 Å². The molecular formula is C19H28N4O2. The third-order valence-corrected chi connectivity index (χ3v) is 5.12. The van der Waals surface area contributed by atoms with Crippen LogP contribution in [0.2, 0.25) is 0 Å². The molecule has 2 saturated heterocycles. The fourth-order valence-electron chi connectivity index (χ4n) is 3.59. The molecule has 0 radical (unpaired) electrons. The van der Waals surface area contributed by atoms with Crippen molar-refractivity contribution < 1.29 is 9.59 Å². The highest BCUT2D eigenvalue weighted by molar-refractivity contribution is 5.94. The van der Waals surface area contributed by atoms with Crippen LogP contribution in [0.15, 0.2) is 18.3 Å². The molecule has 2 fully saturated rings. The van der Waals surface area contributed by atoms with Crippen LogP contribution >= 0.6 is 0 Å². The van der Waals surface area contributed by atoms with Crippen LogP contribution < -0.4 is 5.32 Å². The topological polar surface area (TPSA) is 65.5 Å². The van der Waals surface area contributed by atoms with Crippen LogP contribution in [0, 0.1) is 5.92 Å². The van der Waals surface area contributed by atoms with Crippen LogP contribution in [-0.4, -0.2) is 59.3 Å². The zero-order valence-electron chi connectivity index (χ0n) is 15.0. The number of nitrogens with zero attached hydrogens (tertiary/aromatic N) is 3. The standard InChI is InChI=1S/C19H28N4O2/c1-2-9-20-17-6-5-16(13-21-17)19(25)22-11-7-15(8-12-22)14-23-10-3-4-18(23)24/h5-6,13,15H,2-4,7-12,14H2,1H3,(H,20,21). The van der Waals surface area contributed by atoms with Gasteiger partial charge < -0.3 is 15.1 Å². The van der Waals surface area contributed by atoms with E-state index in [1.807, 2.05) is 21.9 Å². The Bertz CT molecular complexity index is 594. The van der Waals surface area contributed by atoms with Crippen molar-refractivity contribution in [2.45, 2.75) is 39.0 Å². The molecule has 3 heterocycles. The second kappa shape index (κ2) is 8.32. The second-order valence-corrected chi connectivity index (χ2v) is 7.04. The van der Waals surface area contributed by atoms with Gasteiger partial charge in [-0.05, 0) is 43.7 Å². The molecule has 3 rings (SSSR count). The molecule has 2 aliphatic rings. The van der Waals surface area contributed by atoms with Crippen molar-refractivity contribution in [3.05, 3.63) is 23.9 Å². The summed E-state index contributed by atoms with van der Waals surface area (Å²) in [6, 6.07) is 3.72. The first-order valence-corrected chi connectivity index (χ1v) is 9.44. The number of likely N-dealkylation sites (tertiary alicyclic amines) is 2. The Kier molecular flexibility index (Phi) is 5.89. The molecule has 1 aromatic heterocycles. The molecule has 6 heteroatoms. The molecule has 6 nitrogen and oxygen atoms in total. The normalized spacial score (nSPS) is 18.7. The smallest absolute Gasteiger partial charge is 0.255 e. The van der Waals surface area contributed by atoms with Crippen molar-refractivity contribution in [3.63, 3.8) is 0 Å². The number of hydrogen-bond donors (Lipinski definition) is 1. The highest BCUT2D eigenvalue weighted by Gasteiger charge is 2.28. The summed E-state index contributed by atoms with van der Waals surface area (Å²) in [4.78, 5) is 32.6. The summed E-state index contributed by atoms with van der Waals surface area (Å²) in [6.07, 6.45) is 6.34. The van der Waals surface area contributed by atoms with Crippen LogP contribution in [0.25, 0.3) is 0 Å². The number of pyridine rings is 1. The van der Waals surface area contributed by atoms with Gasteiger partial charge in [-0.1, -0.05) is 6.92 Å². The molecule has 2 amide bonds. The lowest BCUT2D eigenvalue weighted by molar-refractivity contribution is -0.128. The molecule has 0 spiro atoms. The van der Waals surface area contributed by atoms with Gasteiger partial charge >= 0.3 is 0 Å². The Hall–Kier alpha value is -2.11. The molecule has 0 saturated carbocycles. The molecule has 0 bridgehead atoms. The van der Waals surface area contributed by atoms with E-state index in [1.54, 1.807) is 6.20 Å². The van der Waals surface area contributed by atoms with Gasteiger partial charge in [-0.25, -0.2) is 4.98 Å². The Balaban J connectivity index is 1.48. The minimum absolute atomic E-state index is 0.0604. The van der Waals surface area contributed by atoms with E-state index in [9.17, 15) is 9.59 Å². The number of amides is 2. The summed E-state index contributed by atoms with van der Waals surface area (Å²) in [5, 5.41) is 3.22. The molecule has 0 aliphatic carbocycles. The van der Waals surface area contributed by atoms with E-state index in [0.717, 1.165) is 64.2 Å². The Labute approximate surface area is 149 Å². The molecule has 1 N–H and O–H groups in total. The van der Waals surface area contributed by atoms with Gasteiger partial charge in [-0.2, -0.15) is 0 Å². The molecule has 0 atom stereocenters. The zero-order valence-corrected chi connectivity index (χ0v) is 15.0. The average Bonchev–Trinajstić information content (AvgIpc) is 3.05. The number of piperidine rings is 1. The first kappa shape index (κ1) is 17.7. The van der Waals surface area contributed by atoms with Gasteiger partial charge in [0.15, 0.2) is 0 Å².